The summed E-state index contributed by atoms with van der Waals surface area (Å²) in [7, 11) is -2.52. The fraction of sp³-hybridized carbons (Fsp3) is 0.312. The van der Waals surface area contributed by atoms with E-state index in [2.05, 4.69) is 39.6 Å². The molecule has 0 amide bonds. The molecular formula is C32H27F3N4O2Si. The maximum Gasteiger partial charge on any atom is 0.343 e. The summed E-state index contributed by atoms with van der Waals surface area (Å²) in [5.74, 6) is -7.30. The van der Waals surface area contributed by atoms with Crippen LogP contribution in [-0.2, 0) is 5.54 Å². The van der Waals surface area contributed by atoms with Gasteiger partial charge in [-0.05, 0) is 51.7 Å². The van der Waals surface area contributed by atoms with Crippen LogP contribution in [0.25, 0.3) is 10.4 Å². The Morgan fingerprint density at radius 1 is 1.14 bits per heavy atom. The first-order valence-electron chi connectivity index (χ1n) is 13.8. The number of nitriles is 1. The molecule has 0 N–H and O–H groups in total. The minimum absolute atomic E-state index is 0.0827. The van der Waals surface area contributed by atoms with Gasteiger partial charge in [0.1, 0.15) is 32.5 Å². The molecule has 2 aromatic carbocycles. The third kappa shape index (κ3) is 3.82. The average Bonchev–Trinajstić information content (AvgIpc) is 2.90. The van der Waals surface area contributed by atoms with Crippen molar-refractivity contribution < 1.29 is 27.6 Å². The molecule has 3 heterocycles. The summed E-state index contributed by atoms with van der Waals surface area (Å²) in [6.07, 6.45) is 7.84. The van der Waals surface area contributed by atoms with Crippen LogP contribution in [0.2, 0.25) is 13.1 Å². The Kier molecular flexibility index (Phi) is 6.32. The summed E-state index contributed by atoms with van der Waals surface area (Å²) in [4.78, 5) is 17.7. The lowest BCUT2D eigenvalue weighted by molar-refractivity contribution is -0.582. The molecule has 4 aliphatic rings. The molecule has 42 heavy (non-hydrogen) atoms. The highest BCUT2D eigenvalue weighted by molar-refractivity contribution is 6.98. The molecular weight excluding hydrogens is 557 g/mol. The van der Waals surface area contributed by atoms with Gasteiger partial charge in [-0.15, -0.1) is 0 Å². The predicted molar refractivity (Wildman–Crippen MR) is 153 cm³/mol. The molecule has 1 aliphatic carbocycles. The van der Waals surface area contributed by atoms with Crippen molar-refractivity contribution >= 4 is 36.2 Å². The van der Waals surface area contributed by atoms with E-state index in [1.165, 1.54) is 0 Å². The Bertz CT molecular complexity index is 1800. The second-order valence-corrected chi connectivity index (χ2v) is 16.1. The van der Waals surface area contributed by atoms with Crippen LogP contribution in [0.1, 0.15) is 46.8 Å². The van der Waals surface area contributed by atoms with Gasteiger partial charge >= 0.3 is 5.54 Å². The van der Waals surface area contributed by atoms with Gasteiger partial charge in [0.15, 0.2) is 23.4 Å². The maximum absolute atomic E-state index is 16.7. The van der Waals surface area contributed by atoms with Gasteiger partial charge in [0.05, 0.1) is 12.4 Å². The number of hydrogen-bond acceptors (Lipinski definition) is 4. The number of fused-ring (bicyclic) bond motifs is 2. The van der Waals surface area contributed by atoms with Crippen LogP contribution in [0.5, 0.6) is 0 Å². The molecule has 6 nitrogen and oxygen atoms in total. The van der Waals surface area contributed by atoms with E-state index in [4.69, 9.17) is 6.57 Å². The van der Waals surface area contributed by atoms with Crippen LogP contribution >= 0.6 is 0 Å². The monoisotopic (exact) mass is 584 g/mol. The van der Waals surface area contributed by atoms with Crippen LogP contribution in [0, 0.1) is 35.4 Å². The van der Waals surface area contributed by atoms with Crippen molar-refractivity contribution in [2.45, 2.75) is 38.4 Å². The third-order valence-corrected chi connectivity index (χ3v) is 12.6. The van der Waals surface area contributed by atoms with Gasteiger partial charge in [0.25, 0.3) is 0 Å². The fourth-order valence-electron chi connectivity index (χ4n) is 6.29. The summed E-state index contributed by atoms with van der Waals surface area (Å²) in [5, 5.41) is 23.9. The highest BCUT2D eigenvalue weighted by Crippen LogP contribution is 2.46. The summed E-state index contributed by atoms with van der Waals surface area (Å²) in [6, 6.07) is 7.28. The van der Waals surface area contributed by atoms with E-state index in [1.807, 2.05) is 12.1 Å². The molecule has 6 rings (SSSR count). The molecule has 0 saturated carbocycles. The van der Waals surface area contributed by atoms with Gasteiger partial charge in [-0.3, -0.25) is 4.85 Å². The van der Waals surface area contributed by atoms with Gasteiger partial charge in [-0.2, -0.15) is 5.26 Å². The summed E-state index contributed by atoms with van der Waals surface area (Å²) < 4.78 is 50.0. The van der Waals surface area contributed by atoms with Crippen molar-refractivity contribution in [3.05, 3.63) is 98.3 Å². The molecule has 212 valence electrons. The van der Waals surface area contributed by atoms with Crippen molar-refractivity contribution in [3.8, 4) is 6.07 Å². The number of anilines is 1. The molecule has 0 aromatic heterocycles. The molecule has 1 atom stereocenters. The predicted octanol–water partition coefficient (Wildman–Crippen LogP) is 3.96. The average molecular weight is 585 g/mol. The van der Waals surface area contributed by atoms with Gasteiger partial charge in [-0.1, -0.05) is 19.2 Å². The van der Waals surface area contributed by atoms with Gasteiger partial charge in [-0.25, -0.2) is 24.3 Å². The van der Waals surface area contributed by atoms with Crippen LogP contribution < -0.4 is 15.2 Å². The molecule has 0 radical (unpaired) electrons. The summed E-state index contributed by atoms with van der Waals surface area (Å²) in [5.41, 5.74) is -2.46. The number of carboxylic acid groups (broad SMARTS) is 1. The number of carbonyl (C=O) groups excluding carboxylic acids is 1. The normalized spacial score (nSPS) is 19.9. The number of rotatable bonds is 4. The molecule has 0 bridgehead atoms. The Morgan fingerprint density at radius 2 is 1.86 bits per heavy atom. The van der Waals surface area contributed by atoms with Crippen LogP contribution in [0.15, 0.2) is 47.2 Å². The zero-order valence-corrected chi connectivity index (χ0v) is 24.4. The first-order valence-corrected chi connectivity index (χ1v) is 16.8. The van der Waals surface area contributed by atoms with Crippen LogP contribution in [0.4, 0.5) is 18.9 Å². The Balaban J connectivity index is 1.76. The van der Waals surface area contributed by atoms with E-state index in [9.17, 15) is 15.2 Å². The van der Waals surface area contributed by atoms with E-state index in [0.29, 0.717) is 11.1 Å². The van der Waals surface area contributed by atoms with Crippen molar-refractivity contribution in [1.29, 1.82) is 5.26 Å². The summed E-state index contributed by atoms with van der Waals surface area (Å²) in [6.45, 7) is 16.4. The highest BCUT2D eigenvalue weighted by atomic mass is 28.3. The lowest BCUT2D eigenvalue weighted by atomic mass is 9.82. The minimum Gasteiger partial charge on any atom is -0.545 e. The molecule has 1 unspecified atom stereocenters. The van der Waals surface area contributed by atoms with Crippen LogP contribution in [-0.4, -0.2) is 50.5 Å². The lowest BCUT2D eigenvalue weighted by Crippen LogP contribution is -2.50. The third-order valence-electron chi connectivity index (χ3n) is 9.04. The first-order chi connectivity index (χ1) is 19.9. The van der Waals surface area contributed by atoms with Gasteiger partial charge < -0.3 is 14.8 Å². The van der Waals surface area contributed by atoms with Crippen molar-refractivity contribution in [3.63, 3.8) is 0 Å². The Morgan fingerprint density at radius 3 is 2.40 bits per heavy atom. The topological polar surface area (TPSA) is 74.5 Å². The number of carbonyl (C=O) groups is 1. The molecule has 0 spiro atoms. The smallest absolute Gasteiger partial charge is 0.343 e. The molecule has 2 saturated heterocycles. The lowest BCUT2D eigenvalue weighted by Gasteiger charge is -2.40. The molecule has 2 fully saturated rings. The summed E-state index contributed by atoms with van der Waals surface area (Å²) >= 11 is 0. The fourth-order valence-corrected chi connectivity index (χ4v) is 9.36. The van der Waals surface area contributed by atoms with Crippen LogP contribution in [0.3, 0.4) is 0 Å². The first kappa shape index (κ1) is 27.7. The Labute approximate surface area is 242 Å². The van der Waals surface area contributed by atoms with E-state index in [-0.39, 0.29) is 5.57 Å². The Hall–Kier alpha value is -4.41. The number of aromatic carboxylic acids is 1. The quantitative estimate of drug-likeness (QED) is 0.236. The standard InChI is InChI=1S/C32H27F3N4O2Si/c1-32(17-36,37-2)27-28(33)25(26(31(40)41)29(34)30(27)35)24-20-9-7-18(38-11-5-12-38)15-22(20)42(3,4)23-16-19(8-10-21(23)24)39-13-6-14-39/h7-10,15-16H,5-6,11-14H2,1,3-4H3. The minimum atomic E-state index is -2.52. The number of halogens is 3. The molecule has 2 aromatic rings. The number of nitrogens with zero attached hydrogens (tertiary/aromatic N) is 4. The molecule has 10 heteroatoms. The second-order valence-electron chi connectivity index (χ2n) is 11.8. The van der Waals surface area contributed by atoms with Gasteiger partial charge in [0, 0.05) is 49.0 Å². The van der Waals surface area contributed by atoms with E-state index in [1.54, 1.807) is 18.2 Å². The number of allylic oxidation sites excluding steroid dienone is 5. The van der Waals surface area contributed by atoms with Crippen molar-refractivity contribution in [1.82, 2.24) is 0 Å². The van der Waals surface area contributed by atoms with E-state index >= 15 is 13.2 Å². The van der Waals surface area contributed by atoms with E-state index in [0.717, 1.165) is 67.7 Å². The zero-order chi connectivity index (χ0) is 30.1. The number of carboxylic acids is 1. The zero-order valence-electron chi connectivity index (χ0n) is 23.4. The maximum atomic E-state index is 16.7. The number of benzene rings is 2. The van der Waals surface area contributed by atoms with Gasteiger partial charge in [0.2, 0.25) is 0 Å². The largest absolute Gasteiger partial charge is 0.545 e. The number of hydrogen-bond donors (Lipinski definition) is 0. The van der Waals surface area contributed by atoms with E-state index < -0.39 is 53.7 Å². The second kappa shape index (κ2) is 9.57. The van der Waals surface area contributed by atoms with Crippen molar-refractivity contribution in [2.24, 2.45) is 0 Å². The highest BCUT2D eigenvalue weighted by Gasteiger charge is 2.47. The SMILES string of the molecule is [C-]#[N+]C(C)(C#N)c1c(F)c(F)c(C(=O)[O-])c(C2=C3C=CC(=[N+]4CCC4)C=C3[Si](C)(C)c3cc(N4CCC4)ccc32)c1F. The molecule has 3 aliphatic heterocycles. The van der Waals surface area contributed by atoms with Crippen molar-refractivity contribution in [2.75, 3.05) is 31.1 Å².